The van der Waals surface area contributed by atoms with E-state index in [1.54, 1.807) is 14.2 Å². The first-order valence-corrected chi connectivity index (χ1v) is 9.34. The van der Waals surface area contributed by atoms with Gasteiger partial charge in [0.2, 0.25) is 5.91 Å². The monoisotopic (exact) mass is 419 g/mol. The number of hydrogen-bond donors (Lipinski definition) is 1. The van der Waals surface area contributed by atoms with E-state index in [1.165, 1.54) is 5.56 Å². The number of nitrogens with one attached hydrogen (secondary N) is 1. The number of rotatable bonds is 6. The van der Waals surface area contributed by atoms with Crippen LogP contribution in [0.1, 0.15) is 38.3 Å². The largest absolute Gasteiger partial charge is 0.493 e. The fraction of sp³-hybridized carbons (Fsp3) is 0.381. The summed E-state index contributed by atoms with van der Waals surface area (Å²) in [5, 5.41) is 2.97. The van der Waals surface area contributed by atoms with Crippen LogP contribution in [0, 0.1) is 0 Å². The molecule has 4 nitrogen and oxygen atoms in total. The zero-order chi connectivity index (χ0) is 19.3. The van der Waals surface area contributed by atoms with E-state index in [4.69, 9.17) is 9.47 Å². The SMILES string of the molecule is COc1ccc(CCC(=O)Nc2ccc(C(C)(C)C)cc2Br)cc1OC. The highest BCUT2D eigenvalue weighted by Crippen LogP contribution is 2.30. The van der Waals surface area contributed by atoms with Crippen LogP contribution in [0.3, 0.4) is 0 Å². The summed E-state index contributed by atoms with van der Waals surface area (Å²) in [5.74, 6) is 1.33. The maximum atomic E-state index is 12.3. The molecule has 1 amide bonds. The summed E-state index contributed by atoms with van der Waals surface area (Å²) in [6.45, 7) is 6.49. The van der Waals surface area contributed by atoms with Crippen LogP contribution in [0.15, 0.2) is 40.9 Å². The molecular weight excluding hydrogens is 394 g/mol. The minimum Gasteiger partial charge on any atom is -0.493 e. The Bertz CT molecular complexity index is 781. The highest BCUT2D eigenvalue weighted by Gasteiger charge is 2.15. The van der Waals surface area contributed by atoms with E-state index < -0.39 is 0 Å². The first kappa shape index (κ1) is 20.3. The molecule has 0 heterocycles. The first-order valence-electron chi connectivity index (χ1n) is 8.55. The molecule has 2 aromatic carbocycles. The molecule has 0 unspecified atom stereocenters. The molecule has 2 rings (SSSR count). The Morgan fingerprint density at radius 2 is 1.73 bits per heavy atom. The van der Waals surface area contributed by atoms with Crippen molar-refractivity contribution in [2.45, 2.75) is 39.0 Å². The number of aryl methyl sites for hydroxylation is 1. The van der Waals surface area contributed by atoms with Crippen LogP contribution in [-0.2, 0) is 16.6 Å². The van der Waals surface area contributed by atoms with Gasteiger partial charge in [0.1, 0.15) is 0 Å². The van der Waals surface area contributed by atoms with Crippen molar-refractivity contribution in [2.24, 2.45) is 0 Å². The third-order valence-electron chi connectivity index (χ3n) is 4.20. The van der Waals surface area contributed by atoms with Crippen molar-refractivity contribution in [2.75, 3.05) is 19.5 Å². The summed E-state index contributed by atoms with van der Waals surface area (Å²) >= 11 is 3.55. The first-order chi connectivity index (χ1) is 12.2. The lowest BCUT2D eigenvalue weighted by molar-refractivity contribution is -0.116. The molecule has 0 saturated heterocycles. The molecule has 0 atom stereocenters. The quantitative estimate of drug-likeness (QED) is 0.687. The molecule has 2 aromatic rings. The summed E-state index contributed by atoms with van der Waals surface area (Å²) < 4.78 is 11.4. The summed E-state index contributed by atoms with van der Waals surface area (Å²) in [6, 6.07) is 11.8. The van der Waals surface area contributed by atoms with Gasteiger partial charge in [0.15, 0.2) is 11.5 Å². The molecule has 140 valence electrons. The minimum absolute atomic E-state index is 0.0241. The highest BCUT2D eigenvalue weighted by molar-refractivity contribution is 9.10. The van der Waals surface area contributed by atoms with Crippen LogP contribution in [0.25, 0.3) is 0 Å². The van der Waals surface area contributed by atoms with Gasteiger partial charge in [-0.3, -0.25) is 4.79 Å². The average Bonchev–Trinajstić information content (AvgIpc) is 2.60. The molecule has 0 aliphatic carbocycles. The van der Waals surface area contributed by atoms with Gasteiger partial charge in [-0.1, -0.05) is 32.9 Å². The fourth-order valence-corrected chi connectivity index (χ4v) is 3.07. The number of hydrogen-bond acceptors (Lipinski definition) is 3. The van der Waals surface area contributed by atoms with Gasteiger partial charge in [-0.15, -0.1) is 0 Å². The number of ether oxygens (including phenoxy) is 2. The van der Waals surface area contributed by atoms with E-state index in [0.29, 0.717) is 24.3 Å². The lowest BCUT2D eigenvalue weighted by atomic mass is 9.87. The van der Waals surface area contributed by atoms with Crippen LogP contribution in [0.4, 0.5) is 5.69 Å². The molecule has 0 aliphatic heterocycles. The standard InChI is InChI=1S/C21H26BrNO3/c1-21(2,3)15-8-9-17(16(22)13-15)23-20(24)11-7-14-6-10-18(25-4)19(12-14)26-5/h6,8-10,12-13H,7,11H2,1-5H3,(H,23,24). The zero-order valence-corrected chi connectivity index (χ0v) is 17.6. The maximum Gasteiger partial charge on any atom is 0.224 e. The van der Waals surface area contributed by atoms with E-state index in [1.807, 2.05) is 24.3 Å². The summed E-state index contributed by atoms with van der Waals surface area (Å²) in [6.07, 6.45) is 1.02. The number of halogens is 1. The maximum absolute atomic E-state index is 12.3. The van der Waals surface area contributed by atoms with Crippen LogP contribution < -0.4 is 14.8 Å². The molecule has 5 heteroatoms. The van der Waals surface area contributed by atoms with E-state index in [9.17, 15) is 4.79 Å². The predicted octanol–water partition coefficient (Wildman–Crippen LogP) is 5.34. The van der Waals surface area contributed by atoms with Gasteiger partial charge in [0.25, 0.3) is 0 Å². The van der Waals surface area contributed by atoms with Gasteiger partial charge >= 0.3 is 0 Å². The second kappa shape index (κ2) is 8.58. The molecule has 0 fully saturated rings. The third-order valence-corrected chi connectivity index (χ3v) is 4.85. The number of anilines is 1. The van der Waals surface area contributed by atoms with E-state index >= 15 is 0 Å². The van der Waals surface area contributed by atoms with Crippen molar-refractivity contribution in [3.63, 3.8) is 0 Å². The topological polar surface area (TPSA) is 47.6 Å². The Kier molecular flexibility index (Phi) is 6.70. The van der Waals surface area contributed by atoms with Gasteiger partial charge in [-0.2, -0.15) is 0 Å². The van der Waals surface area contributed by atoms with Gasteiger partial charge in [0.05, 0.1) is 19.9 Å². The molecule has 1 N–H and O–H groups in total. The summed E-state index contributed by atoms with van der Waals surface area (Å²) in [4.78, 5) is 12.3. The molecule has 26 heavy (non-hydrogen) atoms. The van der Waals surface area contributed by atoms with Crippen molar-refractivity contribution < 1.29 is 14.3 Å². The second-order valence-corrected chi connectivity index (χ2v) is 8.04. The molecule has 0 radical (unpaired) electrons. The number of carbonyl (C=O) groups is 1. The van der Waals surface area contributed by atoms with Gasteiger partial charge < -0.3 is 14.8 Å². The van der Waals surface area contributed by atoms with Gasteiger partial charge in [-0.25, -0.2) is 0 Å². The van der Waals surface area contributed by atoms with Crippen LogP contribution >= 0.6 is 15.9 Å². The summed E-state index contributed by atoms with van der Waals surface area (Å²) in [5.41, 5.74) is 3.10. The minimum atomic E-state index is -0.0241. The van der Waals surface area contributed by atoms with Gasteiger partial charge in [0, 0.05) is 10.9 Å². The van der Waals surface area contributed by atoms with Crippen LogP contribution in [-0.4, -0.2) is 20.1 Å². The van der Waals surface area contributed by atoms with E-state index in [0.717, 1.165) is 15.7 Å². The lowest BCUT2D eigenvalue weighted by Crippen LogP contribution is -2.14. The van der Waals surface area contributed by atoms with Crippen molar-refractivity contribution in [3.8, 4) is 11.5 Å². The average molecular weight is 420 g/mol. The second-order valence-electron chi connectivity index (χ2n) is 7.18. The van der Waals surface area contributed by atoms with Crippen molar-refractivity contribution in [3.05, 3.63) is 52.0 Å². The van der Waals surface area contributed by atoms with E-state index in [-0.39, 0.29) is 11.3 Å². The predicted molar refractivity (Wildman–Crippen MR) is 109 cm³/mol. The molecule has 0 bridgehead atoms. The normalized spacial score (nSPS) is 11.2. The third kappa shape index (κ3) is 5.24. The molecular formula is C21H26BrNO3. The Morgan fingerprint density at radius 3 is 2.31 bits per heavy atom. The van der Waals surface area contributed by atoms with Crippen LogP contribution in [0.5, 0.6) is 11.5 Å². The Hall–Kier alpha value is -2.01. The molecule has 0 aromatic heterocycles. The summed E-state index contributed by atoms with van der Waals surface area (Å²) in [7, 11) is 3.21. The number of carbonyl (C=O) groups excluding carboxylic acids is 1. The highest BCUT2D eigenvalue weighted by atomic mass is 79.9. The smallest absolute Gasteiger partial charge is 0.224 e. The van der Waals surface area contributed by atoms with Crippen LogP contribution in [0.2, 0.25) is 0 Å². The number of benzene rings is 2. The van der Waals surface area contributed by atoms with Crippen molar-refractivity contribution in [1.29, 1.82) is 0 Å². The van der Waals surface area contributed by atoms with Gasteiger partial charge in [-0.05, 0) is 63.2 Å². The molecule has 0 aliphatic rings. The van der Waals surface area contributed by atoms with E-state index in [2.05, 4.69) is 54.2 Å². The zero-order valence-electron chi connectivity index (χ0n) is 16.0. The Labute approximate surface area is 164 Å². The lowest BCUT2D eigenvalue weighted by Gasteiger charge is -2.20. The molecule has 0 saturated carbocycles. The van der Waals surface area contributed by atoms with Crippen molar-refractivity contribution >= 4 is 27.5 Å². The Balaban J connectivity index is 1.99. The number of amides is 1. The fourth-order valence-electron chi connectivity index (χ4n) is 2.59. The number of methoxy groups -OCH3 is 2. The van der Waals surface area contributed by atoms with Crippen molar-refractivity contribution in [1.82, 2.24) is 0 Å². The molecule has 0 spiro atoms. The Morgan fingerprint density at radius 1 is 1.04 bits per heavy atom.